The third-order valence-electron chi connectivity index (χ3n) is 2.67. The number of fused-ring (bicyclic) bond motifs is 1. The molecule has 0 aliphatic rings. The van der Waals surface area contributed by atoms with Gasteiger partial charge in [-0.1, -0.05) is 23.9 Å². The molecule has 106 valence electrons. The minimum absolute atomic E-state index is 0.121. The van der Waals surface area contributed by atoms with Gasteiger partial charge in [0.25, 0.3) is 0 Å². The van der Waals surface area contributed by atoms with Crippen LogP contribution in [0.25, 0.3) is 10.2 Å². The molecule has 1 atom stereocenters. The molecule has 0 fully saturated rings. The van der Waals surface area contributed by atoms with Gasteiger partial charge in [0.1, 0.15) is 0 Å². The van der Waals surface area contributed by atoms with E-state index >= 15 is 0 Å². The lowest BCUT2D eigenvalue weighted by Crippen LogP contribution is -2.20. The summed E-state index contributed by atoms with van der Waals surface area (Å²) in [5.74, 6) is -1.98. The quantitative estimate of drug-likeness (QED) is 0.653. The maximum Gasteiger partial charge on any atom is 0.307 e. The zero-order chi connectivity index (χ0) is 14.5. The van der Waals surface area contributed by atoms with E-state index in [-0.39, 0.29) is 6.42 Å². The first-order valence-corrected chi connectivity index (χ1v) is 7.68. The third kappa shape index (κ3) is 3.71. The molecular formula is C13H13NO4S2. The van der Waals surface area contributed by atoms with Crippen molar-refractivity contribution in [2.24, 2.45) is 5.92 Å². The first kappa shape index (κ1) is 14.8. The fourth-order valence-electron chi connectivity index (χ4n) is 1.59. The predicted molar refractivity (Wildman–Crippen MR) is 78.1 cm³/mol. The average Bonchev–Trinajstić information content (AvgIpc) is 2.85. The molecule has 0 bridgehead atoms. The third-order valence-corrected chi connectivity index (χ3v) is 5.01. The highest BCUT2D eigenvalue weighted by Gasteiger charge is 2.22. The Hall–Kier alpha value is -1.60. The molecule has 7 heteroatoms. The van der Waals surface area contributed by atoms with Crippen molar-refractivity contribution >= 4 is 45.3 Å². The topological polar surface area (TPSA) is 76.5 Å². The molecule has 2 aromatic rings. The number of aliphatic carboxylic acids is 1. The Morgan fingerprint density at radius 2 is 2.20 bits per heavy atom. The van der Waals surface area contributed by atoms with Gasteiger partial charge in [-0.3, -0.25) is 9.59 Å². The summed E-state index contributed by atoms with van der Waals surface area (Å²) >= 11 is 2.87. The number of carbonyl (C=O) groups is 2. The van der Waals surface area contributed by atoms with E-state index in [1.54, 1.807) is 0 Å². The highest BCUT2D eigenvalue weighted by atomic mass is 32.2. The second-order valence-electron chi connectivity index (χ2n) is 4.07. The number of carboxylic acid groups (broad SMARTS) is 1. The lowest BCUT2D eigenvalue weighted by molar-refractivity contribution is -0.149. The summed E-state index contributed by atoms with van der Waals surface area (Å²) in [5.41, 5.74) is 0.903. The number of benzene rings is 1. The normalized spacial score (nSPS) is 12.2. The zero-order valence-corrected chi connectivity index (χ0v) is 12.4. The van der Waals surface area contributed by atoms with Crippen LogP contribution in [0, 0.1) is 5.92 Å². The Kier molecular flexibility index (Phi) is 4.97. The Labute approximate surface area is 124 Å². The van der Waals surface area contributed by atoms with Gasteiger partial charge < -0.3 is 9.84 Å². The van der Waals surface area contributed by atoms with Crippen LogP contribution in [-0.2, 0) is 14.3 Å². The summed E-state index contributed by atoms with van der Waals surface area (Å²) in [6.07, 6.45) is -0.121. The van der Waals surface area contributed by atoms with Crippen molar-refractivity contribution in [3.05, 3.63) is 24.3 Å². The van der Waals surface area contributed by atoms with Crippen molar-refractivity contribution in [2.75, 3.05) is 12.9 Å². The molecule has 1 unspecified atom stereocenters. The second-order valence-corrected chi connectivity index (χ2v) is 6.37. The van der Waals surface area contributed by atoms with Gasteiger partial charge in [-0.25, -0.2) is 4.98 Å². The minimum atomic E-state index is -0.996. The van der Waals surface area contributed by atoms with Crippen molar-refractivity contribution in [3.63, 3.8) is 0 Å². The highest BCUT2D eigenvalue weighted by molar-refractivity contribution is 8.01. The van der Waals surface area contributed by atoms with Crippen molar-refractivity contribution in [2.45, 2.75) is 10.8 Å². The molecule has 0 aliphatic heterocycles. The fraction of sp³-hybridized carbons (Fsp3) is 0.308. The van der Waals surface area contributed by atoms with Gasteiger partial charge in [0.2, 0.25) is 0 Å². The maximum atomic E-state index is 11.2. The molecule has 0 aliphatic carbocycles. The first-order valence-electron chi connectivity index (χ1n) is 5.88. The number of carboxylic acids is 1. The number of aromatic nitrogens is 1. The smallest absolute Gasteiger partial charge is 0.307 e. The first-order chi connectivity index (χ1) is 9.60. The molecule has 20 heavy (non-hydrogen) atoms. The van der Waals surface area contributed by atoms with Crippen LogP contribution in [0.4, 0.5) is 0 Å². The van der Waals surface area contributed by atoms with Crippen LogP contribution in [-0.4, -0.2) is 34.9 Å². The van der Waals surface area contributed by atoms with Crippen molar-refractivity contribution in [1.82, 2.24) is 4.98 Å². The number of carbonyl (C=O) groups excluding carboxylic acids is 1. The minimum Gasteiger partial charge on any atom is -0.481 e. The maximum absolute atomic E-state index is 11.2. The summed E-state index contributed by atoms with van der Waals surface area (Å²) < 4.78 is 6.38. The number of hydrogen-bond acceptors (Lipinski definition) is 6. The molecule has 5 nitrogen and oxygen atoms in total. The van der Waals surface area contributed by atoms with E-state index < -0.39 is 17.9 Å². The number of rotatable bonds is 6. The average molecular weight is 311 g/mol. The summed E-state index contributed by atoms with van der Waals surface area (Å²) in [6, 6.07) is 7.74. The lowest BCUT2D eigenvalue weighted by atomic mass is 10.1. The molecule has 1 heterocycles. The van der Waals surface area contributed by atoms with Gasteiger partial charge in [0, 0.05) is 5.75 Å². The summed E-state index contributed by atoms with van der Waals surface area (Å²) in [7, 11) is 1.25. The number of methoxy groups -OCH3 is 1. The Balaban J connectivity index is 2.01. The summed E-state index contributed by atoms with van der Waals surface area (Å²) in [6.45, 7) is 0. The largest absolute Gasteiger partial charge is 0.481 e. The van der Waals surface area contributed by atoms with Gasteiger partial charge >= 0.3 is 11.9 Å². The standard InChI is InChI=1S/C13H13NO4S2/c1-18-11(15)6-8(12(16)17)7-19-13-14-9-4-2-3-5-10(9)20-13/h2-5,8H,6-7H2,1H3,(H,16,17). The summed E-state index contributed by atoms with van der Waals surface area (Å²) in [5, 5.41) is 9.10. The second kappa shape index (κ2) is 6.71. The van der Waals surface area contributed by atoms with E-state index in [1.165, 1.54) is 30.2 Å². The Bertz CT molecular complexity index is 593. The highest BCUT2D eigenvalue weighted by Crippen LogP contribution is 2.31. The molecule has 0 radical (unpaired) electrons. The number of ether oxygens (including phenoxy) is 1. The number of hydrogen-bond donors (Lipinski definition) is 1. The van der Waals surface area contributed by atoms with Crippen molar-refractivity contribution in [3.8, 4) is 0 Å². The molecule has 1 aromatic heterocycles. The molecule has 1 aromatic carbocycles. The molecule has 0 saturated carbocycles. The SMILES string of the molecule is COC(=O)CC(CSc1nc2ccccc2s1)C(=O)O. The van der Waals surface area contributed by atoms with E-state index in [0.29, 0.717) is 5.75 Å². The van der Waals surface area contributed by atoms with Crippen LogP contribution in [0.3, 0.4) is 0 Å². The van der Waals surface area contributed by atoms with Crippen molar-refractivity contribution < 1.29 is 19.4 Å². The van der Waals surface area contributed by atoms with Gasteiger partial charge in [0.05, 0.1) is 29.7 Å². The number of thiazole rings is 1. The number of para-hydroxylation sites is 1. The van der Waals surface area contributed by atoms with E-state index in [2.05, 4.69) is 9.72 Å². The van der Waals surface area contributed by atoms with Gasteiger partial charge in [-0.2, -0.15) is 0 Å². The fourth-order valence-corrected chi connectivity index (χ4v) is 3.76. The van der Waals surface area contributed by atoms with Crippen molar-refractivity contribution in [1.29, 1.82) is 0 Å². The van der Waals surface area contributed by atoms with Gasteiger partial charge in [0.15, 0.2) is 4.34 Å². The van der Waals surface area contributed by atoms with Crippen LogP contribution >= 0.6 is 23.1 Å². The van der Waals surface area contributed by atoms with Crippen LogP contribution in [0.2, 0.25) is 0 Å². The summed E-state index contributed by atoms with van der Waals surface area (Å²) in [4.78, 5) is 26.7. The van der Waals surface area contributed by atoms with Crippen LogP contribution < -0.4 is 0 Å². The van der Waals surface area contributed by atoms with Gasteiger partial charge in [-0.05, 0) is 12.1 Å². The number of esters is 1. The monoisotopic (exact) mass is 311 g/mol. The number of nitrogens with zero attached hydrogens (tertiary/aromatic N) is 1. The van der Waals surface area contributed by atoms with E-state index in [4.69, 9.17) is 5.11 Å². The molecule has 1 N–H and O–H groups in total. The van der Waals surface area contributed by atoms with Gasteiger partial charge in [-0.15, -0.1) is 11.3 Å². The molecule has 0 saturated heterocycles. The number of thioether (sulfide) groups is 1. The molecule has 2 rings (SSSR count). The van der Waals surface area contributed by atoms with Crippen LogP contribution in [0.1, 0.15) is 6.42 Å². The molecule has 0 amide bonds. The van der Waals surface area contributed by atoms with E-state index in [0.717, 1.165) is 14.6 Å². The predicted octanol–water partition coefficient (Wildman–Crippen LogP) is 2.65. The zero-order valence-electron chi connectivity index (χ0n) is 10.7. The Morgan fingerprint density at radius 3 is 2.85 bits per heavy atom. The van der Waals surface area contributed by atoms with Crippen LogP contribution in [0.5, 0.6) is 0 Å². The lowest BCUT2D eigenvalue weighted by Gasteiger charge is -2.08. The van der Waals surface area contributed by atoms with E-state index in [9.17, 15) is 9.59 Å². The van der Waals surface area contributed by atoms with Crippen LogP contribution in [0.15, 0.2) is 28.6 Å². The molecular weight excluding hydrogens is 298 g/mol. The Morgan fingerprint density at radius 1 is 1.45 bits per heavy atom. The van der Waals surface area contributed by atoms with E-state index in [1.807, 2.05) is 24.3 Å². The molecule has 0 spiro atoms.